The molecule has 10 nitrogen and oxygen atoms in total. The number of fused-ring (bicyclic) bond motifs is 1. The zero-order valence-corrected chi connectivity index (χ0v) is 32.2. The lowest BCUT2D eigenvalue weighted by Gasteiger charge is -2.40. The zero-order valence-electron chi connectivity index (χ0n) is 39.4. The van der Waals surface area contributed by atoms with Gasteiger partial charge < -0.3 is 14.9 Å². The maximum atomic E-state index is 16.6. The molecule has 1 unspecified atom stereocenters. The number of benzene rings is 4. The largest absolute Gasteiger partial charge is 0.508 e. The van der Waals surface area contributed by atoms with Crippen LogP contribution in [0.3, 0.4) is 0 Å². The number of rotatable bonds is 10. The second-order valence-electron chi connectivity index (χ2n) is 14.6. The molecule has 306 valence electrons. The Balaban J connectivity index is 1.04. The molecular formula is C45H43ClF3N5O5. The van der Waals surface area contributed by atoms with Crippen LogP contribution in [-0.2, 0) is 9.59 Å². The molecular weight excluding hydrogens is 783 g/mol. The SMILES string of the molecule is [2H]C1([2H])N(CC2CCN(c3ccc(C(=C(CCCl)c4ccccc4)c4ccc(O)cc4)cc3)CC2)C([2H])([2H])C([2H])([2H])N(c2c(F)c(F)c3c(c2F)C(=O)N(C2CCC(=O)NC2=O)C3=O)C1([2H])[2H]. The van der Waals surface area contributed by atoms with E-state index < -0.39 is 114 Å². The number of amides is 4. The number of hydrogen-bond acceptors (Lipinski definition) is 8. The topological polar surface area (TPSA) is 114 Å². The van der Waals surface area contributed by atoms with Gasteiger partial charge in [-0.25, -0.2) is 13.2 Å². The molecule has 4 amide bonds. The van der Waals surface area contributed by atoms with Gasteiger partial charge in [-0.1, -0.05) is 54.6 Å². The van der Waals surface area contributed by atoms with Crippen LogP contribution in [0.2, 0.25) is 0 Å². The molecule has 0 radical (unpaired) electrons. The minimum Gasteiger partial charge on any atom is -0.508 e. The third-order valence-corrected chi connectivity index (χ3v) is 11.2. The number of alkyl halides is 1. The minimum atomic E-state index is -3.89. The first-order chi connectivity index (χ1) is 31.6. The van der Waals surface area contributed by atoms with Crippen LogP contribution in [0.25, 0.3) is 11.1 Å². The van der Waals surface area contributed by atoms with E-state index in [0.717, 1.165) is 33.5 Å². The van der Waals surface area contributed by atoms with E-state index in [1.54, 1.807) is 12.1 Å². The summed E-state index contributed by atoms with van der Waals surface area (Å²) in [6, 6.07) is 22.8. The Labute approximate surface area is 356 Å². The summed E-state index contributed by atoms with van der Waals surface area (Å²) < 4.78 is 120. The smallest absolute Gasteiger partial charge is 0.265 e. The molecule has 8 rings (SSSR count). The highest BCUT2D eigenvalue weighted by Gasteiger charge is 2.49. The number of anilines is 2. The summed E-state index contributed by atoms with van der Waals surface area (Å²) in [6.45, 7) is -14.8. The fourth-order valence-electron chi connectivity index (χ4n) is 8.03. The number of halogens is 4. The second-order valence-corrected chi connectivity index (χ2v) is 14.9. The van der Waals surface area contributed by atoms with Gasteiger partial charge in [0.2, 0.25) is 11.8 Å². The summed E-state index contributed by atoms with van der Waals surface area (Å²) in [5.41, 5.74) is 0.528. The predicted octanol–water partition coefficient (Wildman–Crippen LogP) is 6.84. The van der Waals surface area contributed by atoms with Crippen LogP contribution in [-0.4, -0.2) is 96.1 Å². The summed E-state index contributed by atoms with van der Waals surface area (Å²) in [5.74, 6) is -12.2. The summed E-state index contributed by atoms with van der Waals surface area (Å²) in [6.07, 6.45) is 0.368. The van der Waals surface area contributed by atoms with E-state index in [2.05, 4.69) is 4.90 Å². The van der Waals surface area contributed by atoms with Crippen molar-refractivity contribution in [3.05, 3.63) is 124 Å². The molecule has 4 aliphatic heterocycles. The van der Waals surface area contributed by atoms with Crippen LogP contribution in [0.5, 0.6) is 5.75 Å². The monoisotopic (exact) mass is 833 g/mol. The first-order valence-electron chi connectivity index (χ1n) is 23.1. The summed E-state index contributed by atoms with van der Waals surface area (Å²) in [4.78, 5) is 53.1. The third-order valence-electron chi connectivity index (χ3n) is 11.0. The maximum absolute atomic E-state index is 16.6. The van der Waals surface area contributed by atoms with Gasteiger partial charge in [0, 0.05) is 69.1 Å². The molecule has 0 aliphatic carbocycles. The highest BCUT2D eigenvalue weighted by atomic mass is 35.5. The molecule has 0 bridgehead atoms. The van der Waals surface area contributed by atoms with Gasteiger partial charge in [0.15, 0.2) is 17.5 Å². The van der Waals surface area contributed by atoms with Gasteiger partial charge in [-0.2, -0.15) is 0 Å². The number of phenols is 1. The van der Waals surface area contributed by atoms with E-state index in [0.29, 0.717) is 43.1 Å². The minimum absolute atomic E-state index is 0.112. The molecule has 0 aromatic heterocycles. The number of imide groups is 2. The molecule has 3 saturated heterocycles. The van der Waals surface area contributed by atoms with Crippen LogP contribution in [0.15, 0.2) is 78.9 Å². The van der Waals surface area contributed by atoms with Gasteiger partial charge in [-0.3, -0.25) is 34.3 Å². The molecule has 14 heteroatoms. The van der Waals surface area contributed by atoms with Crippen LogP contribution >= 0.6 is 11.6 Å². The Morgan fingerprint density at radius 2 is 1.36 bits per heavy atom. The Hall–Kier alpha value is -5.66. The zero-order chi connectivity index (χ0) is 48.5. The highest BCUT2D eigenvalue weighted by Crippen LogP contribution is 2.40. The first-order valence-corrected chi connectivity index (χ1v) is 19.6. The molecule has 0 saturated carbocycles. The number of piperazine rings is 1. The van der Waals surface area contributed by atoms with E-state index in [1.807, 2.05) is 72.0 Å². The summed E-state index contributed by atoms with van der Waals surface area (Å²) in [5, 5.41) is 11.9. The second kappa shape index (κ2) is 16.9. The van der Waals surface area contributed by atoms with Gasteiger partial charge in [0.1, 0.15) is 17.5 Å². The lowest BCUT2D eigenvalue weighted by Crippen LogP contribution is -2.54. The van der Waals surface area contributed by atoms with Crippen LogP contribution < -0.4 is 15.1 Å². The third kappa shape index (κ3) is 7.81. The standard InChI is InChI=1S/C45H43ClF3N5O5/c46-19-16-33(28-4-2-1-3-5-28)36(30-8-12-32(55)13-9-30)29-6-10-31(11-7-29)52-20-17-27(18-21-52)26-51-22-24-53(25-23-51)42-40(48)38-37(39(47)41(42)49)44(58)54(45(38)59)34-14-15-35(56)50-43(34)57/h1-13,27,34,55H,14-26H2,(H,50,56,57)/i22D2,23D2,24D2,25D2. The highest BCUT2D eigenvalue weighted by molar-refractivity contribution is 6.24. The van der Waals surface area contributed by atoms with E-state index in [-0.39, 0.29) is 17.1 Å². The molecule has 0 spiro atoms. The molecule has 4 aliphatic rings. The van der Waals surface area contributed by atoms with Gasteiger partial charge in [0.25, 0.3) is 11.8 Å². The van der Waals surface area contributed by atoms with Crippen LogP contribution in [0.4, 0.5) is 24.5 Å². The maximum Gasteiger partial charge on any atom is 0.265 e. The number of allylic oxidation sites excluding steroid dienone is 1. The van der Waals surface area contributed by atoms with Crippen molar-refractivity contribution in [2.75, 3.05) is 61.3 Å². The quantitative estimate of drug-likeness (QED) is 0.0774. The van der Waals surface area contributed by atoms with Crippen molar-refractivity contribution in [2.24, 2.45) is 5.92 Å². The van der Waals surface area contributed by atoms with Gasteiger partial charge in [-0.05, 0) is 83.7 Å². The molecule has 4 aromatic carbocycles. The Morgan fingerprint density at radius 1 is 0.746 bits per heavy atom. The van der Waals surface area contributed by atoms with Crippen molar-refractivity contribution in [3.63, 3.8) is 0 Å². The number of nitrogens with one attached hydrogen (secondary N) is 1. The Kier molecular flexibility index (Phi) is 8.96. The van der Waals surface area contributed by atoms with Crippen molar-refractivity contribution in [1.82, 2.24) is 15.1 Å². The molecule has 59 heavy (non-hydrogen) atoms. The fraction of sp³-hybridized carbons (Fsp3) is 0.333. The van der Waals surface area contributed by atoms with Crippen LogP contribution in [0, 0.1) is 23.4 Å². The van der Waals surface area contributed by atoms with Crippen molar-refractivity contribution in [3.8, 4) is 5.75 Å². The van der Waals surface area contributed by atoms with E-state index >= 15 is 13.2 Å². The van der Waals surface area contributed by atoms with E-state index in [1.165, 1.54) is 0 Å². The fourth-order valence-corrected chi connectivity index (χ4v) is 8.22. The van der Waals surface area contributed by atoms with Crippen molar-refractivity contribution in [2.45, 2.75) is 38.1 Å². The van der Waals surface area contributed by atoms with Gasteiger partial charge >= 0.3 is 0 Å². The number of carbonyl (C=O) groups excluding carboxylic acids is 4. The molecule has 1 atom stereocenters. The van der Waals surface area contributed by atoms with Crippen molar-refractivity contribution >= 4 is 57.8 Å². The van der Waals surface area contributed by atoms with Crippen LogP contribution in [0.1, 0.15) is 80.5 Å². The van der Waals surface area contributed by atoms with E-state index in [4.69, 9.17) is 22.6 Å². The normalized spacial score (nSPS) is 25.0. The van der Waals surface area contributed by atoms with Gasteiger partial charge in [-0.15, -0.1) is 11.6 Å². The lowest BCUT2D eigenvalue weighted by molar-refractivity contribution is -0.136. The van der Waals surface area contributed by atoms with E-state index in [9.17, 15) is 24.3 Å². The number of carbonyl (C=O) groups is 4. The average Bonchev–Trinajstić information content (AvgIpc) is 3.55. The number of aromatic hydroxyl groups is 1. The van der Waals surface area contributed by atoms with Crippen molar-refractivity contribution < 1.29 is 48.4 Å². The lowest BCUT2D eigenvalue weighted by atomic mass is 9.88. The van der Waals surface area contributed by atoms with Crippen molar-refractivity contribution in [1.29, 1.82) is 0 Å². The number of hydrogen-bond donors (Lipinski definition) is 2. The molecule has 3 fully saturated rings. The number of nitrogens with zero attached hydrogens (tertiary/aromatic N) is 4. The molecule has 4 heterocycles. The Morgan fingerprint density at radius 3 is 1.97 bits per heavy atom. The Bertz CT molecular complexity index is 2660. The molecule has 4 aromatic rings. The van der Waals surface area contributed by atoms with Gasteiger partial charge in [0.05, 0.1) is 16.6 Å². The average molecular weight is 834 g/mol. The number of piperidine rings is 2. The summed E-state index contributed by atoms with van der Waals surface area (Å²) >= 11 is 6.31. The molecule has 2 N–H and O–H groups in total. The number of phenolic OH excluding ortho intramolecular Hbond substituents is 1. The summed E-state index contributed by atoms with van der Waals surface area (Å²) in [7, 11) is 0. The predicted molar refractivity (Wildman–Crippen MR) is 219 cm³/mol. The first kappa shape index (κ1) is 31.3.